The van der Waals surface area contributed by atoms with Crippen molar-refractivity contribution < 1.29 is 9.53 Å². The average molecular weight is 374 g/mol. The van der Waals surface area contributed by atoms with Gasteiger partial charge in [0.05, 0.1) is 18.7 Å². The highest BCUT2D eigenvalue weighted by Gasteiger charge is 2.20. The van der Waals surface area contributed by atoms with Crippen molar-refractivity contribution in [1.82, 2.24) is 9.80 Å². The molecule has 1 aliphatic rings. The first-order valence-corrected chi connectivity index (χ1v) is 9.15. The molecule has 1 N–H and O–H groups in total. The maximum atomic E-state index is 12.4. The monoisotopic (exact) mass is 373 g/mol. The minimum atomic E-state index is 0.108. The van der Waals surface area contributed by atoms with Gasteiger partial charge in [0.1, 0.15) is 5.75 Å². The summed E-state index contributed by atoms with van der Waals surface area (Å²) in [7, 11) is 1.58. The molecule has 1 amide bonds. The van der Waals surface area contributed by atoms with Gasteiger partial charge in [0.15, 0.2) is 0 Å². The fourth-order valence-electron chi connectivity index (χ4n) is 3.06. The number of hydrogen-bond acceptors (Lipinski definition) is 4. The summed E-state index contributed by atoms with van der Waals surface area (Å²) in [5, 5.41) is 3.67. The first-order chi connectivity index (χ1) is 12.7. The maximum absolute atomic E-state index is 12.4. The van der Waals surface area contributed by atoms with Crippen LogP contribution < -0.4 is 10.1 Å². The van der Waals surface area contributed by atoms with E-state index in [2.05, 4.69) is 34.5 Å². The van der Waals surface area contributed by atoms with Crippen LogP contribution in [0.15, 0.2) is 48.5 Å². The van der Waals surface area contributed by atoms with Crippen molar-refractivity contribution in [1.29, 1.82) is 0 Å². The van der Waals surface area contributed by atoms with Crippen LogP contribution in [0.3, 0.4) is 0 Å². The number of rotatable bonds is 6. The number of ether oxygens (including phenoxy) is 1. The van der Waals surface area contributed by atoms with Gasteiger partial charge < -0.3 is 15.0 Å². The van der Waals surface area contributed by atoms with E-state index in [0.29, 0.717) is 10.8 Å². The van der Waals surface area contributed by atoms with E-state index >= 15 is 0 Å². The highest BCUT2D eigenvalue weighted by Crippen LogP contribution is 2.27. The van der Waals surface area contributed by atoms with Crippen molar-refractivity contribution in [3.63, 3.8) is 0 Å². The summed E-state index contributed by atoms with van der Waals surface area (Å²) in [5.41, 5.74) is 2.12. The lowest BCUT2D eigenvalue weighted by atomic mass is 10.2. The molecule has 1 heterocycles. The Morgan fingerprint density at radius 1 is 1.12 bits per heavy atom. The molecule has 3 rings (SSSR count). The van der Waals surface area contributed by atoms with E-state index in [-0.39, 0.29) is 12.5 Å². The maximum Gasteiger partial charge on any atom is 0.241 e. The molecule has 26 heavy (non-hydrogen) atoms. The zero-order valence-electron chi connectivity index (χ0n) is 15.0. The molecule has 138 valence electrons. The standard InChI is InChI=1S/C20H24ClN3O2/c1-26-19-8-7-17(13-18(19)21)22-14-20(25)24-11-9-23(10-12-24)15-16-5-3-2-4-6-16/h2-8,13,22H,9-12,14-15H2,1H3. The zero-order chi connectivity index (χ0) is 18.4. The molecule has 2 aromatic rings. The molecule has 0 unspecified atom stereocenters. The SMILES string of the molecule is COc1ccc(NCC(=O)N2CCN(Cc3ccccc3)CC2)cc1Cl. The number of hydrogen-bond donors (Lipinski definition) is 1. The number of carbonyl (C=O) groups excluding carboxylic acids is 1. The summed E-state index contributed by atoms with van der Waals surface area (Å²) in [6.45, 7) is 4.52. The molecule has 1 aliphatic heterocycles. The van der Waals surface area contributed by atoms with Gasteiger partial charge >= 0.3 is 0 Å². The summed E-state index contributed by atoms with van der Waals surface area (Å²) in [4.78, 5) is 16.7. The fourth-order valence-corrected chi connectivity index (χ4v) is 3.32. The molecule has 0 saturated carbocycles. The van der Waals surface area contributed by atoms with E-state index in [0.717, 1.165) is 38.4 Å². The molecule has 0 aliphatic carbocycles. The number of piperazine rings is 1. The van der Waals surface area contributed by atoms with Gasteiger partial charge in [0.2, 0.25) is 5.91 Å². The minimum absolute atomic E-state index is 0.108. The third kappa shape index (κ3) is 4.90. The van der Waals surface area contributed by atoms with E-state index in [9.17, 15) is 4.79 Å². The molecule has 0 aromatic heterocycles. The van der Waals surface area contributed by atoms with Crippen LogP contribution in [0, 0.1) is 0 Å². The Morgan fingerprint density at radius 2 is 1.85 bits per heavy atom. The third-order valence-corrected chi connectivity index (χ3v) is 4.86. The molecular weight excluding hydrogens is 350 g/mol. The Kier molecular flexibility index (Phi) is 6.36. The second kappa shape index (κ2) is 8.92. The van der Waals surface area contributed by atoms with Crippen LogP contribution in [0.2, 0.25) is 5.02 Å². The Hall–Kier alpha value is -2.24. The number of nitrogens with one attached hydrogen (secondary N) is 1. The molecule has 0 atom stereocenters. The minimum Gasteiger partial charge on any atom is -0.495 e. The van der Waals surface area contributed by atoms with Crippen LogP contribution in [0.25, 0.3) is 0 Å². The summed E-state index contributed by atoms with van der Waals surface area (Å²) >= 11 is 6.11. The van der Waals surface area contributed by atoms with Gasteiger partial charge in [-0.3, -0.25) is 9.69 Å². The van der Waals surface area contributed by atoms with Crippen LogP contribution in [-0.4, -0.2) is 55.5 Å². The first kappa shape index (κ1) is 18.5. The quantitative estimate of drug-likeness (QED) is 0.845. The van der Waals surface area contributed by atoms with Crippen molar-refractivity contribution >= 4 is 23.2 Å². The molecule has 0 spiro atoms. The normalized spacial score (nSPS) is 14.9. The van der Waals surface area contributed by atoms with Gasteiger partial charge in [-0.1, -0.05) is 41.9 Å². The Bertz CT molecular complexity index is 731. The molecule has 5 nitrogen and oxygen atoms in total. The fraction of sp³-hybridized carbons (Fsp3) is 0.350. The van der Waals surface area contributed by atoms with Crippen molar-refractivity contribution in [2.24, 2.45) is 0 Å². The summed E-state index contributed by atoms with van der Waals surface area (Å²) < 4.78 is 5.13. The topological polar surface area (TPSA) is 44.8 Å². The Morgan fingerprint density at radius 3 is 2.50 bits per heavy atom. The Labute approximate surface area is 159 Å². The van der Waals surface area contributed by atoms with Gasteiger partial charge in [-0.05, 0) is 23.8 Å². The largest absolute Gasteiger partial charge is 0.495 e. The first-order valence-electron chi connectivity index (χ1n) is 8.77. The predicted octanol–water partition coefficient (Wildman–Crippen LogP) is 3.10. The highest BCUT2D eigenvalue weighted by molar-refractivity contribution is 6.32. The lowest BCUT2D eigenvalue weighted by Gasteiger charge is -2.34. The number of amides is 1. The third-order valence-electron chi connectivity index (χ3n) is 4.57. The molecule has 0 radical (unpaired) electrons. The van der Waals surface area contributed by atoms with E-state index in [1.54, 1.807) is 19.2 Å². The Balaban J connectivity index is 1.44. The molecule has 0 bridgehead atoms. The number of carbonyl (C=O) groups is 1. The second-order valence-corrected chi connectivity index (χ2v) is 6.75. The summed E-state index contributed by atoms with van der Waals surface area (Å²) in [6.07, 6.45) is 0. The van der Waals surface area contributed by atoms with Gasteiger partial charge in [-0.25, -0.2) is 0 Å². The molecular formula is C20H24ClN3O2. The average Bonchev–Trinajstić information content (AvgIpc) is 2.67. The number of halogens is 1. The summed E-state index contributed by atoms with van der Waals surface area (Å²) in [6, 6.07) is 15.9. The van der Waals surface area contributed by atoms with Gasteiger partial charge in [0.25, 0.3) is 0 Å². The van der Waals surface area contributed by atoms with E-state index in [1.807, 2.05) is 17.0 Å². The van der Waals surface area contributed by atoms with Crippen LogP contribution in [0.4, 0.5) is 5.69 Å². The highest BCUT2D eigenvalue weighted by atomic mass is 35.5. The number of benzene rings is 2. The lowest BCUT2D eigenvalue weighted by molar-refractivity contribution is -0.131. The number of anilines is 1. The van der Waals surface area contributed by atoms with Crippen molar-refractivity contribution in [3.8, 4) is 5.75 Å². The summed E-state index contributed by atoms with van der Waals surface area (Å²) in [5.74, 6) is 0.731. The second-order valence-electron chi connectivity index (χ2n) is 6.35. The lowest BCUT2D eigenvalue weighted by Crippen LogP contribution is -2.49. The van der Waals surface area contributed by atoms with Crippen molar-refractivity contribution in [2.75, 3.05) is 45.2 Å². The zero-order valence-corrected chi connectivity index (χ0v) is 15.7. The van der Waals surface area contributed by atoms with Gasteiger partial charge in [-0.2, -0.15) is 0 Å². The number of methoxy groups -OCH3 is 1. The molecule has 6 heteroatoms. The van der Waals surface area contributed by atoms with Crippen LogP contribution in [0.5, 0.6) is 5.75 Å². The molecule has 1 saturated heterocycles. The van der Waals surface area contributed by atoms with E-state index < -0.39 is 0 Å². The molecule has 1 fully saturated rings. The van der Waals surface area contributed by atoms with Gasteiger partial charge in [-0.15, -0.1) is 0 Å². The van der Waals surface area contributed by atoms with E-state index in [1.165, 1.54) is 5.56 Å². The number of nitrogens with zero attached hydrogens (tertiary/aromatic N) is 2. The van der Waals surface area contributed by atoms with E-state index in [4.69, 9.17) is 16.3 Å². The smallest absolute Gasteiger partial charge is 0.241 e. The van der Waals surface area contributed by atoms with Gasteiger partial charge in [0, 0.05) is 38.4 Å². The van der Waals surface area contributed by atoms with Crippen molar-refractivity contribution in [3.05, 3.63) is 59.1 Å². The van der Waals surface area contributed by atoms with Crippen LogP contribution in [0.1, 0.15) is 5.56 Å². The van der Waals surface area contributed by atoms with Crippen LogP contribution in [-0.2, 0) is 11.3 Å². The predicted molar refractivity (Wildman–Crippen MR) is 105 cm³/mol. The van der Waals surface area contributed by atoms with Crippen molar-refractivity contribution in [2.45, 2.75) is 6.54 Å². The van der Waals surface area contributed by atoms with Crippen LogP contribution >= 0.6 is 11.6 Å². The molecule has 2 aromatic carbocycles.